The second-order valence-corrected chi connectivity index (χ2v) is 9.98. The molecule has 0 saturated carbocycles. The molecule has 0 unspecified atom stereocenters. The lowest BCUT2D eigenvalue weighted by Crippen LogP contribution is -2.38. The van der Waals surface area contributed by atoms with Crippen molar-refractivity contribution in [1.29, 1.82) is 0 Å². The van der Waals surface area contributed by atoms with Gasteiger partial charge in [-0.3, -0.25) is 4.79 Å². The van der Waals surface area contributed by atoms with Gasteiger partial charge in [-0.2, -0.15) is 4.31 Å². The van der Waals surface area contributed by atoms with Crippen molar-refractivity contribution >= 4 is 39.2 Å². The molecule has 0 aliphatic carbocycles. The largest absolute Gasteiger partial charge is 0.462 e. The van der Waals surface area contributed by atoms with E-state index in [4.69, 9.17) is 16.3 Å². The van der Waals surface area contributed by atoms with Gasteiger partial charge in [0, 0.05) is 22.8 Å². The van der Waals surface area contributed by atoms with Gasteiger partial charge in [0.05, 0.1) is 23.6 Å². The fourth-order valence-corrected chi connectivity index (χ4v) is 4.80. The Morgan fingerprint density at radius 3 is 2.29 bits per heavy atom. The van der Waals surface area contributed by atoms with Crippen LogP contribution in [-0.2, 0) is 26.1 Å². The minimum Gasteiger partial charge on any atom is -0.462 e. The van der Waals surface area contributed by atoms with E-state index in [1.807, 2.05) is 6.92 Å². The number of ether oxygens (including phenoxy) is 1. The monoisotopic (exact) mass is 518 g/mol. The van der Waals surface area contributed by atoms with Gasteiger partial charge in [-0.25, -0.2) is 17.6 Å². The van der Waals surface area contributed by atoms with Crippen LogP contribution in [0.3, 0.4) is 0 Å². The molecule has 0 saturated heterocycles. The first-order chi connectivity index (χ1) is 16.6. The van der Waals surface area contributed by atoms with Crippen molar-refractivity contribution in [2.75, 3.05) is 18.5 Å². The predicted octanol–water partition coefficient (Wildman–Crippen LogP) is 4.79. The molecule has 0 fully saturated rings. The fourth-order valence-electron chi connectivity index (χ4n) is 3.21. The molecular weight excluding hydrogens is 495 g/mol. The molecule has 10 heteroatoms. The van der Waals surface area contributed by atoms with Gasteiger partial charge >= 0.3 is 5.97 Å². The van der Waals surface area contributed by atoms with Crippen LogP contribution in [0, 0.1) is 12.7 Å². The van der Waals surface area contributed by atoms with E-state index in [-0.39, 0.29) is 22.1 Å². The zero-order valence-electron chi connectivity index (χ0n) is 19.1. The fraction of sp³-hybridized carbons (Fsp3) is 0.200. The molecule has 0 spiro atoms. The molecule has 184 valence electrons. The van der Waals surface area contributed by atoms with Crippen LogP contribution in [0.25, 0.3) is 0 Å². The molecule has 0 aliphatic rings. The molecular formula is C25H24ClFN2O5S. The van der Waals surface area contributed by atoms with Crippen molar-refractivity contribution in [2.45, 2.75) is 25.3 Å². The first kappa shape index (κ1) is 26.3. The Bertz CT molecular complexity index is 1290. The number of benzene rings is 3. The van der Waals surface area contributed by atoms with Crippen molar-refractivity contribution in [1.82, 2.24) is 4.31 Å². The number of amides is 1. The maximum Gasteiger partial charge on any atom is 0.338 e. The number of nitrogens with one attached hydrogen (secondary N) is 1. The van der Waals surface area contributed by atoms with E-state index in [0.29, 0.717) is 11.3 Å². The average molecular weight is 519 g/mol. The lowest BCUT2D eigenvalue weighted by atomic mass is 10.2. The smallest absolute Gasteiger partial charge is 0.338 e. The van der Waals surface area contributed by atoms with Crippen LogP contribution in [0.5, 0.6) is 0 Å². The summed E-state index contributed by atoms with van der Waals surface area (Å²) in [5.74, 6) is -1.84. The maximum atomic E-state index is 14.5. The zero-order chi connectivity index (χ0) is 25.6. The highest BCUT2D eigenvalue weighted by Crippen LogP contribution is 2.25. The Kier molecular flexibility index (Phi) is 8.61. The highest BCUT2D eigenvalue weighted by atomic mass is 35.5. The molecule has 1 amide bonds. The number of carbonyl (C=O) groups is 2. The number of esters is 1. The molecule has 7 nitrogen and oxygen atoms in total. The molecule has 3 aromatic carbocycles. The number of halogens is 2. The van der Waals surface area contributed by atoms with E-state index >= 15 is 0 Å². The summed E-state index contributed by atoms with van der Waals surface area (Å²) in [5.41, 5.74) is 1.47. The van der Waals surface area contributed by atoms with Crippen LogP contribution in [-0.4, -0.2) is 37.8 Å². The van der Waals surface area contributed by atoms with Gasteiger partial charge in [0.2, 0.25) is 15.9 Å². The summed E-state index contributed by atoms with van der Waals surface area (Å²) < 4.78 is 47.0. The van der Waals surface area contributed by atoms with Crippen molar-refractivity contribution in [3.05, 3.63) is 94.3 Å². The second kappa shape index (κ2) is 11.4. The van der Waals surface area contributed by atoms with Crippen molar-refractivity contribution in [3.63, 3.8) is 0 Å². The van der Waals surface area contributed by atoms with Crippen molar-refractivity contribution in [3.8, 4) is 0 Å². The summed E-state index contributed by atoms with van der Waals surface area (Å²) in [7, 11) is -4.18. The highest BCUT2D eigenvalue weighted by molar-refractivity contribution is 7.89. The molecule has 0 radical (unpaired) electrons. The zero-order valence-corrected chi connectivity index (χ0v) is 20.7. The minimum atomic E-state index is -4.18. The summed E-state index contributed by atoms with van der Waals surface area (Å²) >= 11 is 6.12. The van der Waals surface area contributed by atoms with E-state index in [2.05, 4.69) is 5.32 Å². The summed E-state index contributed by atoms with van der Waals surface area (Å²) in [6.45, 7) is 2.69. The number of sulfonamides is 1. The summed E-state index contributed by atoms with van der Waals surface area (Å²) in [6, 6.07) is 16.1. The van der Waals surface area contributed by atoms with Gasteiger partial charge < -0.3 is 10.1 Å². The van der Waals surface area contributed by atoms with Gasteiger partial charge in [-0.15, -0.1) is 0 Å². The number of carbonyl (C=O) groups excluding carboxylic acids is 2. The lowest BCUT2D eigenvalue weighted by Gasteiger charge is -2.23. The number of aryl methyl sites for hydroxylation is 1. The molecule has 1 N–H and O–H groups in total. The first-order valence-electron chi connectivity index (χ1n) is 10.7. The Balaban J connectivity index is 1.85. The van der Waals surface area contributed by atoms with E-state index in [0.717, 1.165) is 9.87 Å². The summed E-state index contributed by atoms with van der Waals surface area (Å²) in [4.78, 5) is 24.6. The maximum absolute atomic E-state index is 14.5. The molecule has 0 aliphatic heterocycles. The highest BCUT2D eigenvalue weighted by Gasteiger charge is 2.28. The Morgan fingerprint density at radius 1 is 1.03 bits per heavy atom. The molecule has 0 bridgehead atoms. The predicted molar refractivity (Wildman–Crippen MR) is 131 cm³/mol. The Hall–Kier alpha value is -3.27. The number of rotatable bonds is 9. The molecule has 3 rings (SSSR count). The Morgan fingerprint density at radius 2 is 1.69 bits per heavy atom. The van der Waals surface area contributed by atoms with Gasteiger partial charge in [0.1, 0.15) is 5.82 Å². The normalized spacial score (nSPS) is 11.3. The molecule has 0 heterocycles. The van der Waals surface area contributed by atoms with Gasteiger partial charge in [0.15, 0.2) is 0 Å². The summed E-state index contributed by atoms with van der Waals surface area (Å²) in [5, 5.41) is 2.64. The van der Waals surface area contributed by atoms with Crippen LogP contribution in [0.4, 0.5) is 10.1 Å². The van der Waals surface area contributed by atoms with Gasteiger partial charge in [-0.05, 0) is 62.4 Å². The third kappa shape index (κ3) is 6.66. The first-order valence-corrected chi connectivity index (χ1v) is 12.5. The quantitative estimate of drug-likeness (QED) is 0.411. The van der Waals surface area contributed by atoms with Crippen molar-refractivity contribution in [2.24, 2.45) is 0 Å². The number of anilines is 1. The van der Waals surface area contributed by atoms with Crippen LogP contribution < -0.4 is 5.32 Å². The minimum absolute atomic E-state index is 0.0397. The van der Waals surface area contributed by atoms with E-state index in [9.17, 15) is 22.4 Å². The van der Waals surface area contributed by atoms with Crippen LogP contribution in [0.15, 0.2) is 71.6 Å². The van der Waals surface area contributed by atoms with Crippen LogP contribution >= 0.6 is 11.6 Å². The lowest BCUT2D eigenvalue weighted by molar-refractivity contribution is -0.116. The second-order valence-electron chi connectivity index (χ2n) is 7.63. The van der Waals surface area contributed by atoms with Gasteiger partial charge in [-0.1, -0.05) is 35.4 Å². The third-order valence-electron chi connectivity index (χ3n) is 5.05. The number of hydrogen-bond acceptors (Lipinski definition) is 5. The number of hydrogen-bond donors (Lipinski definition) is 1. The van der Waals surface area contributed by atoms with E-state index in [1.165, 1.54) is 54.6 Å². The van der Waals surface area contributed by atoms with Crippen LogP contribution in [0.1, 0.15) is 28.4 Å². The summed E-state index contributed by atoms with van der Waals surface area (Å²) in [6.07, 6.45) is 0. The topological polar surface area (TPSA) is 92.8 Å². The van der Waals surface area contributed by atoms with Crippen LogP contribution in [0.2, 0.25) is 5.02 Å². The van der Waals surface area contributed by atoms with Crippen molar-refractivity contribution < 1.29 is 27.1 Å². The van der Waals surface area contributed by atoms with E-state index in [1.54, 1.807) is 19.1 Å². The average Bonchev–Trinajstić information content (AvgIpc) is 2.81. The standard InChI is InChI=1S/C25H24ClFN2O5S/c1-3-34-25(31)18-9-11-19(12-10-18)28-24(30)16-29(15-21-22(26)5-4-6-23(21)27)35(32,33)20-13-7-17(2)8-14-20/h4-14H,3,15-16H2,1-2H3,(H,28,30). The van der Waals surface area contributed by atoms with E-state index < -0.39 is 40.8 Å². The van der Waals surface area contributed by atoms with Gasteiger partial charge in [0.25, 0.3) is 0 Å². The molecule has 3 aromatic rings. The third-order valence-corrected chi connectivity index (χ3v) is 7.21. The SMILES string of the molecule is CCOC(=O)c1ccc(NC(=O)CN(Cc2c(F)cccc2Cl)S(=O)(=O)c2ccc(C)cc2)cc1. The molecule has 0 aromatic heterocycles. The molecule has 35 heavy (non-hydrogen) atoms. The molecule has 0 atom stereocenters. The Labute approximate surface area is 208 Å². The number of nitrogens with zero attached hydrogens (tertiary/aromatic N) is 1.